The van der Waals surface area contributed by atoms with E-state index in [1.165, 1.54) is 0 Å². The van der Waals surface area contributed by atoms with E-state index >= 15 is 0 Å². The van der Waals surface area contributed by atoms with Crippen LogP contribution in [0.4, 0.5) is 11.6 Å². The maximum Gasteiger partial charge on any atom is 0.236 e. The van der Waals surface area contributed by atoms with E-state index in [0.717, 1.165) is 22.7 Å². The van der Waals surface area contributed by atoms with E-state index in [0.29, 0.717) is 38.7 Å². The first kappa shape index (κ1) is 22.6. The van der Waals surface area contributed by atoms with Gasteiger partial charge in [0.2, 0.25) is 11.9 Å². The molecule has 1 fully saturated rings. The molecule has 1 amide bonds. The second-order valence-electron chi connectivity index (χ2n) is 7.89. The molecule has 1 aromatic carbocycles. The molecular formula is C24H28N6O3. The molecule has 172 valence electrons. The summed E-state index contributed by atoms with van der Waals surface area (Å²) in [6.07, 6.45) is 4.81. The maximum absolute atomic E-state index is 12.9. The van der Waals surface area contributed by atoms with Gasteiger partial charge in [-0.3, -0.25) is 14.7 Å². The van der Waals surface area contributed by atoms with Gasteiger partial charge in [-0.1, -0.05) is 12.1 Å². The van der Waals surface area contributed by atoms with Gasteiger partial charge < -0.3 is 19.7 Å². The molecule has 33 heavy (non-hydrogen) atoms. The molecule has 1 aliphatic rings. The minimum atomic E-state index is -0.256. The van der Waals surface area contributed by atoms with Crippen LogP contribution in [-0.2, 0) is 16.1 Å². The number of morpholine rings is 1. The standard InChI is InChI=1S/C24H28N6O3/c1-29(15-18-5-3-6-20(13-18)32-2)17-23(31)30-11-12-33-22(16-30)21-8-7-19(14-27-21)28-24-25-9-4-10-26-24/h3-10,13-14,22H,11-12,15-17H2,1-2H3,(H,25,26,28)/t22-/m1/s1. The molecule has 0 saturated carbocycles. The molecular weight excluding hydrogens is 420 g/mol. The van der Waals surface area contributed by atoms with Gasteiger partial charge in [-0.05, 0) is 42.9 Å². The first-order chi connectivity index (χ1) is 16.1. The van der Waals surface area contributed by atoms with Crippen LogP contribution in [0.25, 0.3) is 0 Å². The molecule has 3 aromatic rings. The van der Waals surface area contributed by atoms with Crippen molar-refractivity contribution in [2.45, 2.75) is 12.6 Å². The van der Waals surface area contributed by atoms with E-state index in [2.05, 4.69) is 20.3 Å². The highest BCUT2D eigenvalue weighted by atomic mass is 16.5. The van der Waals surface area contributed by atoms with Gasteiger partial charge in [-0.2, -0.15) is 0 Å². The molecule has 0 spiro atoms. The number of methoxy groups -OCH3 is 1. The van der Waals surface area contributed by atoms with E-state index in [1.807, 2.05) is 53.2 Å². The van der Waals surface area contributed by atoms with Crippen molar-refractivity contribution in [3.63, 3.8) is 0 Å². The minimum absolute atomic E-state index is 0.0770. The smallest absolute Gasteiger partial charge is 0.236 e. The second-order valence-corrected chi connectivity index (χ2v) is 7.89. The predicted octanol–water partition coefficient (Wildman–Crippen LogP) is 2.66. The molecule has 9 nitrogen and oxygen atoms in total. The zero-order valence-corrected chi connectivity index (χ0v) is 18.8. The number of carbonyl (C=O) groups excluding carboxylic acids is 1. The number of hydrogen-bond donors (Lipinski definition) is 1. The number of nitrogens with zero attached hydrogens (tertiary/aromatic N) is 5. The summed E-state index contributed by atoms with van der Waals surface area (Å²) in [7, 11) is 3.59. The minimum Gasteiger partial charge on any atom is -0.497 e. The van der Waals surface area contributed by atoms with Crippen LogP contribution in [0.15, 0.2) is 61.1 Å². The lowest BCUT2D eigenvalue weighted by Crippen LogP contribution is -2.46. The van der Waals surface area contributed by atoms with Gasteiger partial charge in [0.05, 0.1) is 44.4 Å². The molecule has 2 aromatic heterocycles. The van der Waals surface area contributed by atoms with Gasteiger partial charge in [0.1, 0.15) is 11.9 Å². The Balaban J connectivity index is 1.31. The van der Waals surface area contributed by atoms with Crippen molar-refractivity contribution in [2.75, 3.05) is 45.7 Å². The van der Waals surface area contributed by atoms with Gasteiger partial charge in [0.25, 0.3) is 0 Å². The van der Waals surface area contributed by atoms with Crippen LogP contribution < -0.4 is 10.1 Å². The van der Waals surface area contributed by atoms with Crippen molar-refractivity contribution in [1.82, 2.24) is 24.8 Å². The van der Waals surface area contributed by atoms with E-state index < -0.39 is 0 Å². The van der Waals surface area contributed by atoms with E-state index in [4.69, 9.17) is 9.47 Å². The van der Waals surface area contributed by atoms with Gasteiger partial charge in [0.15, 0.2) is 0 Å². The molecule has 1 N–H and O–H groups in total. The topological polar surface area (TPSA) is 92.7 Å². The highest BCUT2D eigenvalue weighted by molar-refractivity contribution is 5.78. The monoisotopic (exact) mass is 448 g/mol. The number of amides is 1. The molecule has 4 rings (SSSR count). The fourth-order valence-corrected chi connectivity index (χ4v) is 3.69. The third kappa shape index (κ3) is 6.24. The van der Waals surface area contributed by atoms with E-state index in [1.54, 1.807) is 31.8 Å². The average molecular weight is 449 g/mol. The lowest BCUT2D eigenvalue weighted by atomic mass is 10.1. The number of rotatable bonds is 8. The summed E-state index contributed by atoms with van der Waals surface area (Å²) >= 11 is 0. The number of hydrogen-bond acceptors (Lipinski definition) is 8. The third-order valence-corrected chi connectivity index (χ3v) is 5.35. The van der Waals surface area contributed by atoms with Crippen LogP contribution in [-0.4, -0.2) is 71.1 Å². The maximum atomic E-state index is 12.9. The normalized spacial score (nSPS) is 16.0. The largest absolute Gasteiger partial charge is 0.497 e. The quantitative estimate of drug-likeness (QED) is 0.562. The molecule has 1 aliphatic heterocycles. The molecule has 9 heteroatoms. The van der Waals surface area contributed by atoms with Crippen molar-refractivity contribution in [2.24, 2.45) is 0 Å². The fraction of sp³-hybridized carbons (Fsp3) is 0.333. The number of benzene rings is 1. The number of nitrogens with one attached hydrogen (secondary N) is 1. The Morgan fingerprint density at radius 3 is 2.82 bits per heavy atom. The Morgan fingerprint density at radius 2 is 2.06 bits per heavy atom. The van der Waals surface area contributed by atoms with Crippen LogP contribution in [0.5, 0.6) is 5.75 Å². The number of anilines is 2. The van der Waals surface area contributed by atoms with Crippen LogP contribution in [0.3, 0.4) is 0 Å². The average Bonchev–Trinajstić information content (AvgIpc) is 2.85. The zero-order valence-electron chi connectivity index (χ0n) is 18.8. The molecule has 0 aliphatic carbocycles. The van der Waals surface area contributed by atoms with Gasteiger partial charge in [-0.25, -0.2) is 9.97 Å². The van der Waals surface area contributed by atoms with Crippen LogP contribution in [0.2, 0.25) is 0 Å². The molecule has 0 radical (unpaired) electrons. The highest BCUT2D eigenvalue weighted by Crippen LogP contribution is 2.22. The molecule has 1 atom stereocenters. The Kier molecular flexibility index (Phi) is 7.43. The zero-order chi connectivity index (χ0) is 23.0. The number of carbonyl (C=O) groups is 1. The van der Waals surface area contributed by atoms with Crippen LogP contribution >= 0.6 is 0 Å². The number of likely N-dealkylation sites (N-methyl/N-ethyl adjacent to an activating group) is 1. The van der Waals surface area contributed by atoms with E-state index in [9.17, 15) is 4.79 Å². The van der Waals surface area contributed by atoms with Gasteiger partial charge in [-0.15, -0.1) is 0 Å². The summed E-state index contributed by atoms with van der Waals surface area (Å²) in [6.45, 7) is 2.53. The molecule has 3 heterocycles. The number of aromatic nitrogens is 3. The Bertz CT molecular complexity index is 1050. The van der Waals surface area contributed by atoms with Crippen molar-refractivity contribution in [1.29, 1.82) is 0 Å². The van der Waals surface area contributed by atoms with E-state index in [-0.39, 0.29) is 12.0 Å². The molecule has 1 saturated heterocycles. The Hall–Kier alpha value is -3.56. The van der Waals surface area contributed by atoms with Crippen LogP contribution in [0.1, 0.15) is 17.4 Å². The van der Waals surface area contributed by atoms with Gasteiger partial charge in [0, 0.05) is 25.5 Å². The molecule has 0 bridgehead atoms. The predicted molar refractivity (Wildman–Crippen MR) is 124 cm³/mol. The summed E-state index contributed by atoms with van der Waals surface area (Å²) in [5, 5.41) is 3.11. The summed E-state index contributed by atoms with van der Waals surface area (Å²) in [4.78, 5) is 29.6. The SMILES string of the molecule is COc1cccc(CN(C)CC(=O)N2CCO[C@@H](c3ccc(Nc4ncccn4)cn3)C2)c1. The first-order valence-corrected chi connectivity index (χ1v) is 10.8. The summed E-state index contributed by atoms with van der Waals surface area (Å²) in [5.74, 6) is 1.40. The Labute approximate surface area is 193 Å². The van der Waals surface area contributed by atoms with Crippen molar-refractivity contribution in [3.05, 3.63) is 72.3 Å². The summed E-state index contributed by atoms with van der Waals surface area (Å²) < 4.78 is 11.2. The molecule has 0 unspecified atom stereocenters. The van der Waals surface area contributed by atoms with Crippen LogP contribution in [0, 0.1) is 0 Å². The van der Waals surface area contributed by atoms with Crippen molar-refractivity contribution >= 4 is 17.5 Å². The first-order valence-electron chi connectivity index (χ1n) is 10.8. The lowest BCUT2D eigenvalue weighted by molar-refractivity contribution is -0.140. The summed E-state index contributed by atoms with van der Waals surface area (Å²) in [5.41, 5.74) is 2.67. The lowest BCUT2D eigenvalue weighted by Gasteiger charge is -2.33. The van der Waals surface area contributed by atoms with Crippen molar-refractivity contribution in [3.8, 4) is 5.75 Å². The Morgan fingerprint density at radius 1 is 1.21 bits per heavy atom. The highest BCUT2D eigenvalue weighted by Gasteiger charge is 2.26. The fourth-order valence-electron chi connectivity index (χ4n) is 3.69. The van der Waals surface area contributed by atoms with Gasteiger partial charge >= 0.3 is 0 Å². The third-order valence-electron chi connectivity index (χ3n) is 5.35. The summed E-state index contributed by atoms with van der Waals surface area (Å²) in [6, 6.07) is 13.5. The number of pyridine rings is 1. The van der Waals surface area contributed by atoms with Crippen molar-refractivity contribution < 1.29 is 14.3 Å². The second kappa shape index (κ2) is 10.8. The number of ether oxygens (including phenoxy) is 2.